The Hall–Kier alpha value is -2.38. The van der Waals surface area contributed by atoms with Gasteiger partial charge in [-0.15, -0.1) is 0 Å². The minimum Gasteiger partial charge on any atom is -0.495 e. The van der Waals surface area contributed by atoms with E-state index < -0.39 is 10.0 Å². The van der Waals surface area contributed by atoms with Crippen LogP contribution in [0.15, 0.2) is 53.4 Å². The highest BCUT2D eigenvalue weighted by molar-refractivity contribution is 7.89. The fourth-order valence-electron chi connectivity index (χ4n) is 2.80. The van der Waals surface area contributed by atoms with E-state index in [2.05, 4.69) is 0 Å². The molecule has 0 heterocycles. The van der Waals surface area contributed by atoms with E-state index in [-0.39, 0.29) is 23.1 Å². The molecule has 2 rings (SSSR count). The maximum Gasteiger partial charge on any atom is 0.253 e. The number of hydrogen-bond acceptors (Lipinski definition) is 4. The molecule has 7 heteroatoms. The summed E-state index contributed by atoms with van der Waals surface area (Å²) in [5.74, 6) is 0.0100. The monoisotopic (exact) mass is 390 g/mol. The number of amides is 1. The van der Waals surface area contributed by atoms with Crippen LogP contribution in [0.1, 0.15) is 29.8 Å². The van der Waals surface area contributed by atoms with E-state index in [1.165, 1.54) is 30.6 Å². The van der Waals surface area contributed by atoms with Crippen LogP contribution in [-0.4, -0.2) is 50.8 Å². The van der Waals surface area contributed by atoms with Crippen molar-refractivity contribution in [2.75, 3.05) is 27.2 Å². The Morgan fingerprint density at radius 3 is 2.22 bits per heavy atom. The molecule has 0 aromatic heterocycles. The van der Waals surface area contributed by atoms with Crippen molar-refractivity contribution in [1.29, 1.82) is 0 Å². The predicted molar refractivity (Wildman–Crippen MR) is 105 cm³/mol. The van der Waals surface area contributed by atoms with Crippen molar-refractivity contribution in [3.8, 4) is 5.75 Å². The number of carbonyl (C=O) groups is 1. The highest BCUT2D eigenvalue weighted by Crippen LogP contribution is 2.28. The van der Waals surface area contributed by atoms with E-state index in [1.807, 2.05) is 44.2 Å². The van der Waals surface area contributed by atoms with Crippen LogP contribution in [0.5, 0.6) is 5.75 Å². The average molecular weight is 391 g/mol. The molecule has 0 aliphatic rings. The van der Waals surface area contributed by atoms with Crippen molar-refractivity contribution >= 4 is 15.9 Å². The van der Waals surface area contributed by atoms with Crippen molar-refractivity contribution < 1.29 is 17.9 Å². The van der Waals surface area contributed by atoms with E-state index >= 15 is 0 Å². The van der Waals surface area contributed by atoms with Gasteiger partial charge in [0.05, 0.1) is 7.11 Å². The van der Waals surface area contributed by atoms with Crippen LogP contribution in [0.4, 0.5) is 0 Å². The first-order valence-corrected chi connectivity index (χ1v) is 10.3. The summed E-state index contributed by atoms with van der Waals surface area (Å²) in [5.41, 5.74) is 1.20. The first-order chi connectivity index (χ1) is 12.8. The van der Waals surface area contributed by atoms with Crippen LogP contribution in [0, 0.1) is 0 Å². The molecule has 0 atom stereocenters. The fourth-order valence-corrected chi connectivity index (χ4v) is 4.13. The van der Waals surface area contributed by atoms with Gasteiger partial charge in [-0.1, -0.05) is 30.3 Å². The SMILES string of the molecule is CCN(CC)C(=O)c1ccc(OC)c(S(=O)(=O)N(C)Cc2ccccc2)c1. The smallest absolute Gasteiger partial charge is 0.253 e. The number of sulfonamides is 1. The molecule has 0 spiro atoms. The zero-order valence-electron chi connectivity index (χ0n) is 16.2. The maximum atomic E-state index is 13.1. The third kappa shape index (κ3) is 4.67. The lowest BCUT2D eigenvalue weighted by Gasteiger charge is -2.21. The second kappa shape index (κ2) is 9.01. The Labute approximate surface area is 161 Å². The first-order valence-electron chi connectivity index (χ1n) is 8.82. The molecule has 0 radical (unpaired) electrons. The lowest BCUT2D eigenvalue weighted by atomic mass is 10.2. The normalized spacial score (nSPS) is 11.4. The quantitative estimate of drug-likeness (QED) is 0.695. The molecule has 2 aromatic rings. The number of ether oxygens (including phenoxy) is 1. The standard InChI is InChI=1S/C20H26N2O4S/c1-5-22(6-2)20(23)17-12-13-18(26-4)19(14-17)27(24,25)21(3)15-16-10-8-7-9-11-16/h7-14H,5-6,15H2,1-4H3. The second-order valence-electron chi connectivity index (χ2n) is 6.09. The molecular formula is C20H26N2O4S. The zero-order chi connectivity index (χ0) is 20.0. The Bertz CT molecular complexity index is 878. The summed E-state index contributed by atoms with van der Waals surface area (Å²) >= 11 is 0. The molecule has 0 N–H and O–H groups in total. The third-order valence-electron chi connectivity index (χ3n) is 4.40. The van der Waals surface area contributed by atoms with Gasteiger partial charge in [0.15, 0.2) is 0 Å². The Kier molecular flexibility index (Phi) is 6.98. The first kappa shape index (κ1) is 20.9. The number of benzene rings is 2. The number of rotatable bonds is 8. The summed E-state index contributed by atoms with van der Waals surface area (Å²) in [5, 5.41) is 0. The minimum atomic E-state index is -3.84. The van der Waals surface area contributed by atoms with Gasteiger partial charge in [0.1, 0.15) is 10.6 Å². The highest BCUT2D eigenvalue weighted by Gasteiger charge is 2.27. The van der Waals surface area contributed by atoms with Crippen molar-refractivity contribution in [1.82, 2.24) is 9.21 Å². The van der Waals surface area contributed by atoms with Crippen molar-refractivity contribution in [3.05, 3.63) is 59.7 Å². The second-order valence-corrected chi connectivity index (χ2v) is 8.10. The summed E-state index contributed by atoms with van der Waals surface area (Å²) in [6, 6.07) is 13.8. The molecule has 0 unspecified atom stereocenters. The summed E-state index contributed by atoms with van der Waals surface area (Å²) in [7, 11) is -0.909. The van der Waals surface area contributed by atoms with E-state index in [9.17, 15) is 13.2 Å². The van der Waals surface area contributed by atoms with Gasteiger partial charge < -0.3 is 9.64 Å². The molecule has 0 aliphatic carbocycles. The number of carbonyl (C=O) groups excluding carboxylic acids is 1. The van der Waals surface area contributed by atoms with Gasteiger partial charge in [0.25, 0.3) is 5.91 Å². The molecule has 2 aromatic carbocycles. The topological polar surface area (TPSA) is 66.9 Å². The largest absolute Gasteiger partial charge is 0.495 e. The summed E-state index contributed by atoms with van der Waals surface area (Å²) < 4.78 is 32.7. The maximum absolute atomic E-state index is 13.1. The van der Waals surface area contributed by atoms with Crippen molar-refractivity contribution in [2.45, 2.75) is 25.3 Å². The molecule has 0 fully saturated rings. The molecule has 0 bridgehead atoms. The van der Waals surface area contributed by atoms with E-state index in [0.717, 1.165) is 5.56 Å². The van der Waals surface area contributed by atoms with Crippen LogP contribution in [-0.2, 0) is 16.6 Å². The van der Waals surface area contributed by atoms with Crippen LogP contribution < -0.4 is 4.74 Å². The summed E-state index contributed by atoms with van der Waals surface area (Å²) in [6.07, 6.45) is 0. The van der Waals surface area contributed by atoms with Gasteiger partial charge in [0, 0.05) is 32.2 Å². The van der Waals surface area contributed by atoms with Gasteiger partial charge in [-0.2, -0.15) is 4.31 Å². The predicted octanol–water partition coefficient (Wildman–Crippen LogP) is 3.00. The zero-order valence-corrected chi connectivity index (χ0v) is 17.0. The van der Waals surface area contributed by atoms with Crippen LogP contribution in [0.25, 0.3) is 0 Å². The third-order valence-corrected chi connectivity index (χ3v) is 6.22. The van der Waals surface area contributed by atoms with Crippen molar-refractivity contribution in [2.24, 2.45) is 0 Å². The molecule has 146 valence electrons. The average Bonchev–Trinajstić information content (AvgIpc) is 2.69. The molecule has 6 nitrogen and oxygen atoms in total. The minimum absolute atomic E-state index is 0.0126. The number of methoxy groups -OCH3 is 1. The van der Waals surface area contributed by atoms with E-state index in [0.29, 0.717) is 18.7 Å². The summed E-state index contributed by atoms with van der Waals surface area (Å²) in [6.45, 7) is 5.10. The van der Waals surface area contributed by atoms with Crippen LogP contribution >= 0.6 is 0 Å². The van der Waals surface area contributed by atoms with Crippen LogP contribution in [0.2, 0.25) is 0 Å². The van der Waals surface area contributed by atoms with Gasteiger partial charge in [0.2, 0.25) is 10.0 Å². The number of nitrogens with zero attached hydrogens (tertiary/aromatic N) is 2. The van der Waals surface area contributed by atoms with Gasteiger partial charge in [-0.25, -0.2) is 8.42 Å². The highest BCUT2D eigenvalue weighted by atomic mass is 32.2. The summed E-state index contributed by atoms with van der Waals surface area (Å²) in [4.78, 5) is 14.3. The number of hydrogen-bond donors (Lipinski definition) is 0. The van der Waals surface area contributed by atoms with Crippen LogP contribution in [0.3, 0.4) is 0 Å². The molecule has 1 amide bonds. The van der Waals surface area contributed by atoms with Gasteiger partial charge in [-0.3, -0.25) is 4.79 Å². The Morgan fingerprint density at radius 2 is 1.67 bits per heavy atom. The molecule has 0 aliphatic heterocycles. The van der Waals surface area contributed by atoms with Gasteiger partial charge in [-0.05, 0) is 37.6 Å². The molecular weight excluding hydrogens is 364 g/mol. The molecule has 0 saturated carbocycles. The molecule has 0 saturated heterocycles. The Morgan fingerprint density at radius 1 is 1.04 bits per heavy atom. The van der Waals surface area contributed by atoms with Crippen molar-refractivity contribution in [3.63, 3.8) is 0 Å². The lowest BCUT2D eigenvalue weighted by molar-refractivity contribution is 0.0772. The van der Waals surface area contributed by atoms with E-state index in [4.69, 9.17) is 4.74 Å². The fraction of sp³-hybridized carbons (Fsp3) is 0.350. The van der Waals surface area contributed by atoms with Gasteiger partial charge >= 0.3 is 0 Å². The lowest BCUT2D eigenvalue weighted by Crippen LogP contribution is -2.31. The Balaban J connectivity index is 2.42. The van der Waals surface area contributed by atoms with E-state index in [1.54, 1.807) is 11.0 Å². The molecule has 27 heavy (non-hydrogen) atoms.